The number of esters is 1. The molecule has 1 saturated heterocycles. The van der Waals surface area contributed by atoms with E-state index < -0.39 is 82.0 Å². The average Bonchev–Trinajstić information content (AvgIpc) is 3.55. The number of nitrogens with one attached hydrogen (secondary N) is 1. The van der Waals surface area contributed by atoms with Crippen molar-refractivity contribution in [2.45, 2.75) is 86.4 Å². The standard InChI is InChI=1S/C49H60N4O13/c1-23-13-20-63-49(9)47(61)36-34-35(42(59)29(7)45(36)66-49)43(60)39(46-38(34)50-37-32(56)21-31(22-33(37)65-46)53-16-14-52(15-17-53)18-19-54)51-48(62)25(3)12-10-11-24(2)40(57)27(5)41(58)28(6)44(26(23)4)64-30(8)55/h10-13,20-24,26-28,40-41,44,54,57-59,61H,14-19H2,1-9H3,(H,51,62)/b11-10+,20-13+,25-12-/t23-,24-,26+,27+,28+,40-,41+,44+,49-/m0/s1. The van der Waals surface area contributed by atoms with Gasteiger partial charge in [-0.3, -0.25) is 24.1 Å². The second kappa shape index (κ2) is 18.7. The number of hydrogen-bond acceptors (Lipinski definition) is 16. The molecular formula is C49H60N4O13. The lowest BCUT2D eigenvalue weighted by molar-refractivity contribution is -0.158. The van der Waals surface area contributed by atoms with Crippen molar-refractivity contribution in [2.75, 3.05) is 49.5 Å². The van der Waals surface area contributed by atoms with Gasteiger partial charge in [0, 0.05) is 98.7 Å². The number of aliphatic hydroxyl groups is 4. The van der Waals surface area contributed by atoms with E-state index in [1.807, 2.05) is 18.7 Å². The van der Waals surface area contributed by atoms with E-state index in [9.17, 15) is 44.7 Å². The molecule has 0 spiro atoms. The molecule has 1 fully saturated rings. The molecule has 4 aromatic rings. The third kappa shape index (κ3) is 8.72. The minimum atomic E-state index is -1.94. The molecule has 0 unspecified atom stereocenters. The van der Waals surface area contributed by atoms with Gasteiger partial charge in [0.1, 0.15) is 28.8 Å². The molecule has 5 heterocycles. The summed E-state index contributed by atoms with van der Waals surface area (Å²) in [4.78, 5) is 64.1. The molecule has 9 atom stereocenters. The lowest BCUT2D eigenvalue weighted by atomic mass is 9.77. The number of anilines is 2. The van der Waals surface area contributed by atoms with Crippen LogP contribution in [0.4, 0.5) is 11.4 Å². The zero-order valence-corrected chi connectivity index (χ0v) is 38.7. The number of piperazine rings is 1. The Labute approximate surface area is 381 Å². The van der Waals surface area contributed by atoms with Crippen LogP contribution in [0.5, 0.6) is 11.5 Å². The maximum absolute atomic E-state index is 14.8. The van der Waals surface area contributed by atoms with Crippen LogP contribution >= 0.6 is 0 Å². The summed E-state index contributed by atoms with van der Waals surface area (Å²) in [5, 5.41) is 58.6. The Morgan fingerprint density at radius 1 is 0.924 bits per heavy atom. The number of benzene rings is 3. The number of ether oxygens (including phenoxy) is 3. The molecule has 0 radical (unpaired) electrons. The molecule has 0 saturated carbocycles. The number of aromatic nitrogens is 1. The van der Waals surface area contributed by atoms with Crippen LogP contribution in [0.3, 0.4) is 0 Å². The number of aliphatic hydroxyl groups excluding tert-OH is 4. The highest BCUT2D eigenvalue weighted by molar-refractivity contribution is 6.16. The minimum absolute atomic E-state index is 0.0108. The molecule has 6 N–H and O–H groups in total. The highest BCUT2D eigenvalue weighted by Gasteiger charge is 2.44. The van der Waals surface area contributed by atoms with Crippen LogP contribution in [0.15, 0.2) is 62.3 Å². The summed E-state index contributed by atoms with van der Waals surface area (Å²) in [6, 6.07) is 3.07. The first-order valence-corrected chi connectivity index (χ1v) is 22.4. The summed E-state index contributed by atoms with van der Waals surface area (Å²) >= 11 is 0. The minimum Gasteiger partial charge on any atom is -0.507 e. The van der Waals surface area contributed by atoms with E-state index in [0.717, 1.165) is 0 Å². The summed E-state index contributed by atoms with van der Waals surface area (Å²) in [6.45, 7) is 17.6. The average molecular weight is 913 g/mol. The summed E-state index contributed by atoms with van der Waals surface area (Å²) < 4.78 is 24.7. The van der Waals surface area contributed by atoms with E-state index in [-0.39, 0.29) is 73.3 Å². The van der Waals surface area contributed by atoms with Crippen molar-refractivity contribution in [3.8, 4) is 11.5 Å². The Morgan fingerprint density at radius 3 is 2.29 bits per heavy atom. The molecule has 8 rings (SSSR count). The van der Waals surface area contributed by atoms with Crippen molar-refractivity contribution in [3.05, 3.63) is 79.5 Å². The summed E-state index contributed by atoms with van der Waals surface area (Å²) in [5.41, 5.74) is -1.51. The number of amides is 1. The number of aromatic hydroxyl groups is 1. The van der Waals surface area contributed by atoms with E-state index >= 15 is 0 Å². The fraction of sp³-hybridized carbons (Fsp3) is 0.490. The highest BCUT2D eigenvalue weighted by Crippen LogP contribution is 2.42. The SMILES string of the molecule is CC(=O)O[C@H]1[C@H](C)[C@H](O)[C@H](C)[C@@H](O)[C@@H](C)/C=C/C=C(/C)C(=O)Nc2c(=O)c3c(O)c(C)c4c(c3c3nc5c(=O)cc(N6CCN(CCO)CC6)cc5oc23)=C(O)[C@@](C)(O/C=C/[C@H](C)[C@H]1C)O4. The normalized spacial score (nSPS) is 29.9. The van der Waals surface area contributed by atoms with Crippen molar-refractivity contribution >= 4 is 62.0 Å². The zero-order valence-electron chi connectivity index (χ0n) is 38.7. The number of carbonyl (C=O) groups is 2. The largest absolute Gasteiger partial charge is 0.507 e. The molecule has 5 bridgehead atoms. The number of phenols is 1. The first-order valence-electron chi connectivity index (χ1n) is 22.4. The Hall–Kier alpha value is -6.01. The molecule has 354 valence electrons. The van der Waals surface area contributed by atoms with Crippen molar-refractivity contribution in [3.63, 3.8) is 0 Å². The lowest BCUT2D eigenvalue weighted by Crippen LogP contribution is -2.47. The zero-order chi connectivity index (χ0) is 48.1. The summed E-state index contributed by atoms with van der Waals surface area (Å²) in [6.07, 6.45) is 4.79. The van der Waals surface area contributed by atoms with Gasteiger partial charge in [0.05, 0.1) is 35.7 Å². The van der Waals surface area contributed by atoms with E-state index in [0.29, 0.717) is 38.4 Å². The topological polar surface area (TPSA) is 242 Å². The van der Waals surface area contributed by atoms with Gasteiger partial charge in [-0.15, -0.1) is 0 Å². The Kier molecular flexibility index (Phi) is 13.6. The Morgan fingerprint density at radius 2 is 1.62 bits per heavy atom. The monoisotopic (exact) mass is 912 g/mol. The molecule has 17 nitrogen and oxygen atoms in total. The van der Waals surface area contributed by atoms with Crippen LogP contribution in [0, 0.1) is 36.5 Å². The maximum Gasteiger partial charge on any atom is 0.307 e. The van der Waals surface area contributed by atoms with E-state index in [1.165, 1.54) is 46.1 Å². The van der Waals surface area contributed by atoms with Crippen molar-refractivity contribution < 1.29 is 53.7 Å². The quantitative estimate of drug-likeness (QED) is 0.0951. The van der Waals surface area contributed by atoms with Crippen LogP contribution < -0.4 is 31.0 Å². The number of allylic oxidation sites excluding steroid dienone is 3. The molecular weight excluding hydrogens is 853 g/mol. The van der Waals surface area contributed by atoms with Gasteiger partial charge in [-0.25, -0.2) is 4.98 Å². The summed E-state index contributed by atoms with van der Waals surface area (Å²) in [7, 11) is 0. The number of fused-ring (bicyclic) bond motifs is 14. The molecule has 66 heavy (non-hydrogen) atoms. The fourth-order valence-corrected chi connectivity index (χ4v) is 9.30. The van der Waals surface area contributed by atoms with Crippen molar-refractivity contribution in [2.24, 2.45) is 29.6 Å². The van der Waals surface area contributed by atoms with Gasteiger partial charge in [-0.05, 0) is 31.8 Å². The number of β-amino-alcohol motifs (C(OH)–C–C–N with tert-alkyl or cyclic N) is 1. The van der Waals surface area contributed by atoms with Gasteiger partial charge in [0.15, 0.2) is 22.4 Å². The first-order chi connectivity index (χ1) is 31.2. The number of carbonyl (C=O) groups excluding carboxylic acids is 2. The molecule has 4 aliphatic rings. The third-order valence-electron chi connectivity index (χ3n) is 13.7. The molecule has 3 aromatic carbocycles. The van der Waals surface area contributed by atoms with Crippen LogP contribution in [-0.2, 0) is 19.1 Å². The van der Waals surface area contributed by atoms with Crippen LogP contribution in [-0.4, -0.2) is 111 Å². The Balaban J connectivity index is 1.46. The predicted octanol–water partition coefficient (Wildman–Crippen LogP) is 4.30. The van der Waals surface area contributed by atoms with E-state index in [4.69, 9.17) is 23.6 Å². The lowest BCUT2D eigenvalue weighted by Gasteiger charge is -2.37. The second-order valence-corrected chi connectivity index (χ2v) is 18.2. The van der Waals surface area contributed by atoms with Crippen LogP contribution in [0.1, 0.15) is 61.0 Å². The van der Waals surface area contributed by atoms with Crippen molar-refractivity contribution in [1.82, 2.24) is 9.88 Å². The summed E-state index contributed by atoms with van der Waals surface area (Å²) in [5.74, 6) is -6.84. The van der Waals surface area contributed by atoms with Gasteiger partial charge >= 0.3 is 11.8 Å². The number of phenolic OH excluding ortho intramolecular Hbond substituents is 1. The molecule has 1 amide bonds. The first kappa shape index (κ1) is 47.9. The predicted molar refractivity (Wildman–Crippen MR) is 249 cm³/mol. The maximum atomic E-state index is 14.8. The van der Waals surface area contributed by atoms with Crippen molar-refractivity contribution in [1.29, 1.82) is 0 Å². The molecule has 4 aliphatic heterocycles. The molecule has 1 aromatic heterocycles. The van der Waals surface area contributed by atoms with Gasteiger partial charge in [-0.2, -0.15) is 0 Å². The van der Waals surface area contributed by atoms with Crippen LogP contribution in [0.25, 0.3) is 38.7 Å². The van der Waals surface area contributed by atoms with Crippen LogP contribution in [0.2, 0.25) is 0 Å². The Bertz CT molecular complexity index is 2850. The van der Waals surface area contributed by atoms with E-state index in [2.05, 4.69) is 10.2 Å². The molecule has 0 aliphatic carbocycles. The number of hydrogen-bond donors (Lipinski definition) is 6. The van der Waals surface area contributed by atoms with Gasteiger partial charge < -0.3 is 54.4 Å². The molecule has 17 heteroatoms. The smallest absolute Gasteiger partial charge is 0.307 e. The van der Waals surface area contributed by atoms with Gasteiger partial charge in [-0.1, -0.05) is 52.8 Å². The number of rotatable bonds is 4. The third-order valence-corrected chi connectivity index (χ3v) is 13.7. The number of nitrogens with zero attached hydrogens (tertiary/aromatic N) is 3. The van der Waals surface area contributed by atoms with Gasteiger partial charge in [0.2, 0.25) is 10.9 Å². The fourth-order valence-electron chi connectivity index (χ4n) is 9.30. The van der Waals surface area contributed by atoms with E-state index in [1.54, 1.807) is 45.1 Å². The van der Waals surface area contributed by atoms with Gasteiger partial charge in [0.25, 0.3) is 5.91 Å². The highest BCUT2D eigenvalue weighted by atomic mass is 16.7. The second-order valence-electron chi connectivity index (χ2n) is 18.2.